The highest BCUT2D eigenvalue weighted by Crippen LogP contribution is 2.39. The van der Waals surface area contributed by atoms with E-state index in [1.165, 1.54) is 10.4 Å². The molecule has 1 aliphatic rings. The van der Waals surface area contributed by atoms with E-state index < -0.39 is 6.04 Å². The van der Waals surface area contributed by atoms with Gasteiger partial charge in [0.2, 0.25) is 5.91 Å². The number of benzene rings is 3. The summed E-state index contributed by atoms with van der Waals surface area (Å²) in [5.41, 5.74) is 6.20. The number of hydrogen-bond acceptors (Lipinski definition) is 13. The summed E-state index contributed by atoms with van der Waals surface area (Å²) in [6.45, 7) is 9.83. The number of aromatic nitrogens is 3. The number of aryl methyl sites for hydroxylation is 4. The molecule has 0 radical (unpaired) electrons. The van der Waals surface area contributed by atoms with Crippen LogP contribution in [0.1, 0.15) is 63.2 Å². The molecule has 17 heteroatoms. The minimum absolute atomic E-state index is 0.0766. The van der Waals surface area contributed by atoms with Crippen LogP contribution in [0, 0.1) is 20.8 Å². The SMILES string of the molecule is COc1ccc(CCCc2cccc(OCC(=O)NCCOCCOCCOCCOCCNC(=O)C[C@@H]3N=C(c4ccc(Cl)cc4)c4c(sc(C)c4C)-n4c(C)nnc43)c2)cc1OC. The van der Waals surface area contributed by atoms with Crippen molar-refractivity contribution in [2.24, 2.45) is 4.99 Å². The van der Waals surface area contributed by atoms with Gasteiger partial charge in [0.25, 0.3) is 5.91 Å². The van der Waals surface area contributed by atoms with E-state index in [2.05, 4.69) is 46.8 Å². The molecule has 15 nitrogen and oxygen atoms in total. The molecule has 1 aliphatic heterocycles. The highest BCUT2D eigenvalue weighted by molar-refractivity contribution is 7.15. The lowest BCUT2D eigenvalue weighted by Crippen LogP contribution is -2.31. The highest BCUT2D eigenvalue weighted by Gasteiger charge is 2.32. The maximum atomic E-state index is 13.2. The molecule has 5 aromatic rings. The van der Waals surface area contributed by atoms with Crippen LogP contribution < -0.4 is 24.8 Å². The van der Waals surface area contributed by atoms with Gasteiger partial charge in [0, 0.05) is 34.1 Å². The Labute approximate surface area is 389 Å². The molecule has 0 bridgehead atoms. The van der Waals surface area contributed by atoms with E-state index in [0.29, 0.717) is 82.5 Å². The van der Waals surface area contributed by atoms with Crippen LogP contribution in [-0.2, 0) is 41.4 Å². The van der Waals surface area contributed by atoms with Gasteiger partial charge in [0.05, 0.1) is 79.2 Å². The molecule has 3 heterocycles. The molecular weight excluding hydrogens is 872 g/mol. The number of fused-ring (bicyclic) bond motifs is 3. The smallest absolute Gasteiger partial charge is 0.258 e. The van der Waals surface area contributed by atoms with E-state index in [9.17, 15) is 9.59 Å². The zero-order chi connectivity index (χ0) is 46.0. The Hall–Kier alpha value is -5.36. The molecule has 0 aliphatic carbocycles. The van der Waals surface area contributed by atoms with Crippen LogP contribution in [0.3, 0.4) is 0 Å². The predicted molar refractivity (Wildman–Crippen MR) is 251 cm³/mol. The second kappa shape index (κ2) is 25.4. The first-order valence-corrected chi connectivity index (χ1v) is 23.0. The van der Waals surface area contributed by atoms with Crippen LogP contribution in [0.5, 0.6) is 17.2 Å². The fourth-order valence-electron chi connectivity index (χ4n) is 7.19. The van der Waals surface area contributed by atoms with Crippen molar-refractivity contribution in [3.63, 3.8) is 0 Å². The van der Waals surface area contributed by atoms with Crippen LogP contribution in [0.25, 0.3) is 5.00 Å². The number of hydrogen-bond donors (Lipinski definition) is 2. The molecule has 2 aromatic heterocycles. The number of halogens is 1. The number of methoxy groups -OCH3 is 2. The van der Waals surface area contributed by atoms with Gasteiger partial charge in [-0.2, -0.15) is 0 Å². The summed E-state index contributed by atoms with van der Waals surface area (Å²) in [5, 5.41) is 16.2. The van der Waals surface area contributed by atoms with Crippen LogP contribution in [0.4, 0.5) is 0 Å². The maximum Gasteiger partial charge on any atom is 0.258 e. The van der Waals surface area contributed by atoms with Crippen molar-refractivity contribution in [1.29, 1.82) is 0 Å². The van der Waals surface area contributed by atoms with Crippen molar-refractivity contribution in [2.45, 2.75) is 52.5 Å². The number of amides is 2. The molecule has 2 N–H and O–H groups in total. The number of rotatable bonds is 27. The summed E-state index contributed by atoms with van der Waals surface area (Å²) < 4.78 is 40.9. The molecule has 0 unspecified atom stereocenters. The topological polar surface area (TPSA) is 166 Å². The Kier molecular flexibility index (Phi) is 19.2. The minimum atomic E-state index is -0.543. The van der Waals surface area contributed by atoms with Crippen molar-refractivity contribution < 1.29 is 42.7 Å². The van der Waals surface area contributed by atoms with Crippen molar-refractivity contribution in [1.82, 2.24) is 25.4 Å². The molecule has 6 rings (SSSR count). The van der Waals surface area contributed by atoms with Crippen molar-refractivity contribution >= 4 is 40.5 Å². The molecule has 2 amide bonds. The first-order valence-electron chi connectivity index (χ1n) is 21.8. The minimum Gasteiger partial charge on any atom is -0.493 e. The molecule has 0 saturated heterocycles. The Morgan fingerprint density at radius 2 is 1.37 bits per heavy atom. The van der Waals surface area contributed by atoms with Gasteiger partial charge >= 0.3 is 0 Å². The van der Waals surface area contributed by atoms with E-state index in [1.54, 1.807) is 25.6 Å². The predicted octanol–water partition coefficient (Wildman–Crippen LogP) is 6.76. The fourth-order valence-corrected chi connectivity index (χ4v) is 8.53. The van der Waals surface area contributed by atoms with E-state index in [0.717, 1.165) is 69.6 Å². The summed E-state index contributed by atoms with van der Waals surface area (Å²) in [6.07, 6.45) is 2.84. The molecule has 0 fully saturated rings. The lowest BCUT2D eigenvalue weighted by Gasteiger charge is -2.13. The van der Waals surface area contributed by atoms with Crippen LogP contribution in [-0.4, -0.2) is 119 Å². The van der Waals surface area contributed by atoms with Crippen LogP contribution in [0.2, 0.25) is 5.02 Å². The third-order valence-corrected chi connectivity index (χ3v) is 12.1. The van der Waals surface area contributed by atoms with Gasteiger partial charge in [-0.05, 0) is 93.1 Å². The van der Waals surface area contributed by atoms with Crippen molar-refractivity contribution in [2.75, 3.05) is 86.8 Å². The average molecular weight is 932 g/mol. The summed E-state index contributed by atoms with van der Waals surface area (Å²) in [4.78, 5) is 31.8. The monoisotopic (exact) mass is 930 g/mol. The highest BCUT2D eigenvalue weighted by atomic mass is 35.5. The van der Waals surface area contributed by atoms with Gasteiger partial charge in [-0.1, -0.05) is 41.9 Å². The third kappa shape index (κ3) is 14.3. The zero-order valence-electron chi connectivity index (χ0n) is 37.8. The Morgan fingerprint density at radius 1 is 0.738 bits per heavy atom. The average Bonchev–Trinajstić information content (AvgIpc) is 3.79. The van der Waals surface area contributed by atoms with Gasteiger partial charge in [-0.15, -0.1) is 21.5 Å². The second-order valence-corrected chi connectivity index (χ2v) is 16.9. The molecule has 348 valence electrons. The number of carbonyl (C=O) groups is 2. The van der Waals surface area contributed by atoms with Crippen LogP contribution >= 0.6 is 22.9 Å². The number of aliphatic imine (C=N–C) groups is 1. The quantitative estimate of drug-likeness (QED) is 0.0535. The lowest BCUT2D eigenvalue weighted by atomic mass is 9.99. The van der Waals surface area contributed by atoms with Crippen LogP contribution in [0.15, 0.2) is 71.7 Å². The Bertz CT molecular complexity index is 2350. The van der Waals surface area contributed by atoms with Gasteiger partial charge < -0.3 is 43.8 Å². The zero-order valence-corrected chi connectivity index (χ0v) is 39.4. The number of ether oxygens (including phenoxy) is 7. The first kappa shape index (κ1) is 49.1. The van der Waals surface area contributed by atoms with Gasteiger partial charge in [0.1, 0.15) is 22.6 Å². The molecule has 1 atom stereocenters. The summed E-state index contributed by atoms with van der Waals surface area (Å²) >= 11 is 7.89. The van der Waals surface area contributed by atoms with Gasteiger partial charge in [0.15, 0.2) is 23.9 Å². The Morgan fingerprint density at radius 3 is 2.03 bits per heavy atom. The van der Waals surface area contributed by atoms with Crippen molar-refractivity contribution in [3.05, 3.63) is 116 Å². The number of carbonyl (C=O) groups excluding carboxylic acids is 2. The Balaban J connectivity index is 0.766. The third-order valence-electron chi connectivity index (χ3n) is 10.6. The van der Waals surface area contributed by atoms with Gasteiger partial charge in [-0.25, -0.2) is 0 Å². The summed E-state index contributed by atoms with van der Waals surface area (Å²) in [5.74, 6) is 3.09. The summed E-state index contributed by atoms with van der Waals surface area (Å²) in [6, 6.07) is 20.9. The fraction of sp³-hybridized carbons (Fsp3) is 0.438. The number of nitrogens with one attached hydrogen (secondary N) is 2. The van der Waals surface area contributed by atoms with E-state index in [-0.39, 0.29) is 24.8 Å². The molecule has 0 saturated carbocycles. The standard InChI is InChI=1S/C48H59ClN6O9S/c1-32-33(2)65-48-45(32)46(37-13-15-38(49)16-14-37)52-40(47-54-53-34(3)55(47)48)30-43(56)50-18-20-60-22-24-62-26-27-63-25-23-61-21-19-51-44(57)31-64-39-11-7-10-35(28-39)8-6-9-36-12-17-41(58-4)42(29-36)59-5/h7,10-17,28-29,40H,6,8-9,18-27,30-31H2,1-5H3,(H,50,56)(H,51,57)/t40-/m0/s1. The normalized spacial score (nSPS) is 13.1. The van der Waals surface area contributed by atoms with E-state index in [1.807, 2.05) is 66.1 Å². The molecule has 65 heavy (non-hydrogen) atoms. The number of thiophene rings is 1. The summed E-state index contributed by atoms with van der Waals surface area (Å²) in [7, 11) is 3.27. The van der Waals surface area contributed by atoms with Crippen molar-refractivity contribution in [3.8, 4) is 22.2 Å². The molecule has 0 spiro atoms. The second-order valence-electron chi connectivity index (χ2n) is 15.2. The molecular formula is C48H59ClN6O9S. The maximum absolute atomic E-state index is 13.2. The molecule has 3 aromatic carbocycles. The van der Waals surface area contributed by atoms with Gasteiger partial charge in [-0.3, -0.25) is 19.1 Å². The lowest BCUT2D eigenvalue weighted by molar-refractivity contribution is -0.123. The van der Waals surface area contributed by atoms with E-state index >= 15 is 0 Å². The largest absolute Gasteiger partial charge is 0.493 e. The first-order chi connectivity index (χ1) is 31.6. The van der Waals surface area contributed by atoms with E-state index in [4.69, 9.17) is 49.8 Å². The number of nitrogens with zero attached hydrogens (tertiary/aromatic N) is 4.